The molecule has 0 aliphatic heterocycles. The molecular weight excluding hydrogens is 248 g/mol. The SMILES string of the molecule is CCNC(CCCC(F)(F)F)CCC(F)(F)F. The van der Waals surface area contributed by atoms with Crippen LogP contribution in [0, 0.1) is 0 Å². The van der Waals surface area contributed by atoms with Gasteiger partial charge in [-0.3, -0.25) is 0 Å². The van der Waals surface area contributed by atoms with Gasteiger partial charge in [0, 0.05) is 18.9 Å². The van der Waals surface area contributed by atoms with E-state index in [-0.39, 0.29) is 19.3 Å². The summed E-state index contributed by atoms with van der Waals surface area (Å²) in [6.07, 6.45) is -10.6. The highest BCUT2D eigenvalue weighted by molar-refractivity contribution is 4.69. The summed E-state index contributed by atoms with van der Waals surface area (Å²) >= 11 is 0. The van der Waals surface area contributed by atoms with Gasteiger partial charge in [0.15, 0.2) is 0 Å². The maximum atomic E-state index is 12.0. The second-order valence-electron chi connectivity index (χ2n) is 3.92. The van der Waals surface area contributed by atoms with Crippen molar-refractivity contribution in [3.8, 4) is 0 Å². The van der Waals surface area contributed by atoms with Crippen molar-refractivity contribution < 1.29 is 26.3 Å². The molecule has 1 unspecified atom stereocenters. The molecule has 104 valence electrons. The molecule has 0 spiro atoms. The Bertz CT molecular complexity index is 198. The molecule has 0 saturated heterocycles. The van der Waals surface area contributed by atoms with Crippen molar-refractivity contribution in [1.82, 2.24) is 5.32 Å². The summed E-state index contributed by atoms with van der Waals surface area (Å²) in [6, 6.07) is -0.496. The van der Waals surface area contributed by atoms with Crippen LogP contribution in [0.25, 0.3) is 0 Å². The van der Waals surface area contributed by atoms with Crippen molar-refractivity contribution in [1.29, 1.82) is 0 Å². The van der Waals surface area contributed by atoms with E-state index in [1.54, 1.807) is 6.92 Å². The second kappa shape index (κ2) is 7.08. The molecule has 0 amide bonds. The molecule has 0 bridgehead atoms. The topological polar surface area (TPSA) is 12.0 Å². The molecule has 0 rings (SSSR count). The quantitative estimate of drug-likeness (QED) is 0.685. The molecule has 0 aliphatic carbocycles. The summed E-state index contributed by atoms with van der Waals surface area (Å²) in [5, 5.41) is 2.77. The lowest BCUT2D eigenvalue weighted by Crippen LogP contribution is -2.30. The summed E-state index contributed by atoms with van der Waals surface area (Å²) in [5.74, 6) is 0. The minimum atomic E-state index is -4.25. The monoisotopic (exact) mass is 265 g/mol. The highest BCUT2D eigenvalue weighted by Crippen LogP contribution is 2.26. The second-order valence-corrected chi connectivity index (χ2v) is 3.92. The lowest BCUT2D eigenvalue weighted by atomic mass is 10.0. The lowest BCUT2D eigenvalue weighted by molar-refractivity contribution is -0.139. The third-order valence-corrected chi connectivity index (χ3v) is 2.28. The van der Waals surface area contributed by atoms with Crippen LogP contribution in [0.1, 0.15) is 39.0 Å². The molecule has 0 radical (unpaired) electrons. The van der Waals surface area contributed by atoms with E-state index >= 15 is 0 Å². The number of hydrogen-bond acceptors (Lipinski definition) is 1. The van der Waals surface area contributed by atoms with E-state index in [2.05, 4.69) is 5.32 Å². The molecule has 0 heterocycles. The molecule has 7 heteroatoms. The predicted molar refractivity (Wildman–Crippen MR) is 52.7 cm³/mol. The Morgan fingerprint density at radius 3 is 1.82 bits per heavy atom. The fraction of sp³-hybridized carbons (Fsp3) is 1.00. The van der Waals surface area contributed by atoms with Gasteiger partial charge in [0.05, 0.1) is 0 Å². The van der Waals surface area contributed by atoms with E-state index in [0.29, 0.717) is 6.54 Å². The molecular formula is C10H17F6N. The summed E-state index contributed by atoms with van der Waals surface area (Å²) in [4.78, 5) is 0. The zero-order chi connectivity index (χ0) is 13.5. The Kier molecular flexibility index (Phi) is 6.89. The molecule has 0 aromatic carbocycles. The molecule has 1 nitrogen and oxygen atoms in total. The minimum Gasteiger partial charge on any atom is -0.314 e. The molecule has 0 aromatic heterocycles. The molecule has 0 fully saturated rings. The maximum absolute atomic E-state index is 12.0. The van der Waals surface area contributed by atoms with E-state index in [4.69, 9.17) is 0 Å². The van der Waals surface area contributed by atoms with E-state index in [1.807, 2.05) is 0 Å². The molecule has 17 heavy (non-hydrogen) atoms. The summed E-state index contributed by atoms with van der Waals surface area (Å²) < 4.78 is 71.5. The summed E-state index contributed by atoms with van der Waals surface area (Å²) in [7, 11) is 0. The molecule has 0 saturated carbocycles. The van der Waals surface area contributed by atoms with Gasteiger partial charge in [-0.05, 0) is 25.8 Å². The van der Waals surface area contributed by atoms with Gasteiger partial charge in [-0.2, -0.15) is 26.3 Å². The van der Waals surface area contributed by atoms with E-state index in [1.165, 1.54) is 0 Å². The fourth-order valence-electron chi connectivity index (χ4n) is 1.52. The molecule has 1 atom stereocenters. The van der Waals surface area contributed by atoms with Crippen LogP contribution < -0.4 is 5.32 Å². The smallest absolute Gasteiger partial charge is 0.314 e. The maximum Gasteiger partial charge on any atom is 0.389 e. The first-order chi connectivity index (χ1) is 7.64. The number of hydrogen-bond donors (Lipinski definition) is 1. The van der Waals surface area contributed by atoms with Crippen LogP contribution in [0.15, 0.2) is 0 Å². The Hall–Kier alpha value is -0.460. The van der Waals surface area contributed by atoms with Crippen LogP contribution in [0.5, 0.6) is 0 Å². The third kappa shape index (κ3) is 11.8. The first-order valence-corrected chi connectivity index (χ1v) is 5.51. The first-order valence-electron chi connectivity index (χ1n) is 5.51. The van der Waals surface area contributed by atoms with Crippen LogP contribution in [0.4, 0.5) is 26.3 Å². The van der Waals surface area contributed by atoms with Crippen LogP contribution in [0.3, 0.4) is 0 Å². The van der Waals surface area contributed by atoms with Crippen molar-refractivity contribution in [2.45, 2.75) is 57.4 Å². The van der Waals surface area contributed by atoms with Gasteiger partial charge in [0.2, 0.25) is 0 Å². The summed E-state index contributed by atoms with van der Waals surface area (Å²) in [6.45, 7) is 2.17. The van der Waals surface area contributed by atoms with Crippen LogP contribution in [0.2, 0.25) is 0 Å². The molecule has 0 aromatic rings. The van der Waals surface area contributed by atoms with E-state index in [9.17, 15) is 26.3 Å². The van der Waals surface area contributed by atoms with Gasteiger partial charge in [-0.25, -0.2) is 0 Å². The zero-order valence-corrected chi connectivity index (χ0v) is 9.59. The van der Waals surface area contributed by atoms with Crippen molar-refractivity contribution in [3.05, 3.63) is 0 Å². The van der Waals surface area contributed by atoms with Gasteiger partial charge < -0.3 is 5.32 Å². The standard InChI is InChI=1S/C10H17F6N/c1-2-17-8(5-7-10(14,15)16)4-3-6-9(11,12)13/h8,17H,2-7H2,1H3. The lowest BCUT2D eigenvalue weighted by Gasteiger charge is -2.19. The van der Waals surface area contributed by atoms with Crippen molar-refractivity contribution in [2.24, 2.45) is 0 Å². The Morgan fingerprint density at radius 2 is 1.41 bits per heavy atom. The van der Waals surface area contributed by atoms with Gasteiger partial charge >= 0.3 is 12.4 Å². The van der Waals surface area contributed by atoms with Crippen molar-refractivity contribution in [2.75, 3.05) is 6.54 Å². The van der Waals surface area contributed by atoms with Gasteiger partial charge in [-0.15, -0.1) is 0 Å². The number of nitrogens with one attached hydrogen (secondary N) is 1. The van der Waals surface area contributed by atoms with Crippen LogP contribution in [-0.2, 0) is 0 Å². The van der Waals surface area contributed by atoms with E-state index < -0.39 is 31.2 Å². The van der Waals surface area contributed by atoms with Crippen molar-refractivity contribution >= 4 is 0 Å². The third-order valence-electron chi connectivity index (χ3n) is 2.28. The van der Waals surface area contributed by atoms with Crippen molar-refractivity contribution in [3.63, 3.8) is 0 Å². The number of rotatable bonds is 7. The highest BCUT2D eigenvalue weighted by Gasteiger charge is 2.29. The van der Waals surface area contributed by atoms with Gasteiger partial charge in [0.25, 0.3) is 0 Å². The Labute approximate surface area is 96.6 Å². The average molecular weight is 265 g/mol. The molecule has 0 aliphatic rings. The average Bonchev–Trinajstić information content (AvgIpc) is 2.11. The Morgan fingerprint density at radius 1 is 0.882 bits per heavy atom. The van der Waals surface area contributed by atoms with Gasteiger partial charge in [-0.1, -0.05) is 6.92 Å². The largest absolute Gasteiger partial charge is 0.389 e. The van der Waals surface area contributed by atoms with E-state index in [0.717, 1.165) is 0 Å². The minimum absolute atomic E-state index is 0.115. The Balaban J connectivity index is 3.90. The first kappa shape index (κ1) is 16.5. The predicted octanol–water partition coefficient (Wildman–Crippen LogP) is 4.04. The van der Waals surface area contributed by atoms with Crippen LogP contribution in [-0.4, -0.2) is 24.9 Å². The van der Waals surface area contributed by atoms with Crippen LogP contribution >= 0.6 is 0 Å². The molecule has 1 N–H and O–H groups in total. The number of alkyl halides is 6. The zero-order valence-electron chi connectivity index (χ0n) is 9.59. The van der Waals surface area contributed by atoms with Gasteiger partial charge in [0.1, 0.15) is 0 Å². The fourth-order valence-corrected chi connectivity index (χ4v) is 1.52. The summed E-state index contributed by atoms with van der Waals surface area (Å²) in [5.41, 5.74) is 0. The highest BCUT2D eigenvalue weighted by atomic mass is 19.4. The normalized spacial score (nSPS) is 15.0. The number of halogens is 6.